The molecule has 0 spiro atoms. The Morgan fingerprint density at radius 2 is 1.46 bits per heavy atom. The van der Waals surface area contributed by atoms with Gasteiger partial charge in [0.05, 0.1) is 16.4 Å². The molecule has 14 heteroatoms. The first-order valence-electron chi connectivity index (χ1n) is 16.2. The van der Waals surface area contributed by atoms with Crippen LogP contribution in [0, 0.1) is 5.41 Å². The number of oxazole rings is 1. The van der Waals surface area contributed by atoms with Crippen LogP contribution in [0.4, 0.5) is 11.4 Å². The van der Waals surface area contributed by atoms with Gasteiger partial charge < -0.3 is 24.9 Å². The van der Waals surface area contributed by atoms with E-state index in [0.29, 0.717) is 60.4 Å². The lowest BCUT2D eigenvalue weighted by atomic mass is 10.1. The van der Waals surface area contributed by atoms with Crippen LogP contribution in [-0.4, -0.2) is 79.9 Å². The predicted molar refractivity (Wildman–Crippen MR) is 199 cm³/mol. The zero-order chi connectivity index (χ0) is 34.8. The van der Waals surface area contributed by atoms with E-state index in [1.165, 1.54) is 16.2 Å². The summed E-state index contributed by atoms with van der Waals surface area (Å²) in [6.45, 7) is 0.959. The maximum absolute atomic E-state index is 13.3. The number of carbonyl (C=O) groups is 4. The van der Waals surface area contributed by atoms with Crippen molar-refractivity contribution in [1.82, 2.24) is 19.8 Å². The summed E-state index contributed by atoms with van der Waals surface area (Å²) in [5.74, 6) is -0.226. The van der Waals surface area contributed by atoms with Crippen molar-refractivity contribution in [2.75, 3.05) is 30.0 Å². The number of aromatic nitrogens is 2. The Morgan fingerprint density at radius 1 is 0.860 bits per heavy atom. The smallest absolute Gasteiger partial charge is 0.283 e. The van der Waals surface area contributed by atoms with Gasteiger partial charge in [-0.15, -0.1) is 23.1 Å². The number of thiazole rings is 1. The van der Waals surface area contributed by atoms with Crippen LogP contribution in [0.3, 0.4) is 0 Å². The average molecular weight is 712 g/mol. The second-order valence-corrected chi connectivity index (χ2v) is 13.8. The predicted octanol–water partition coefficient (Wildman–Crippen LogP) is 6.62. The zero-order valence-electron chi connectivity index (χ0n) is 27.0. The molecule has 4 amide bonds. The molecule has 2 aliphatic rings. The molecule has 3 aromatic carbocycles. The summed E-state index contributed by atoms with van der Waals surface area (Å²) in [7, 11) is 0. The fourth-order valence-electron chi connectivity index (χ4n) is 6.28. The van der Waals surface area contributed by atoms with Gasteiger partial charge in [-0.25, -0.2) is 9.97 Å². The molecule has 2 aromatic heterocycles. The molecule has 0 saturated carbocycles. The number of carbonyl (C=O) groups excluding carboxylic acids is 4. The van der Waals surface area contributed by atoms with Crippen LogP contribution in [-0.2, 0) is 14.4 Å². The minimum Gasteiger partial charge on any atom is -0.436 e. The molecule has 2 saturated heterocycles. The van der Waals surface area contributed by atoms with Crippen LogP contribution in [0.1, 0.15) is 38.3 Å². The van der Waals surface area contributed by atoms with E-state index in [1.54, 1.807) is 53.8 Å². The molecule has 7 rings (SSSR count). The van der Waals surface area contributed by atoms with E-state index in [-0.39, 0.29) is 25.6 Å². The summed E-state index contributed by atoms with van der Waals surface area (Å²) in [5.41, 5.74) is 3.43. The lowest BCUT2D eigenvalue weighted by Gasteiger charge is -2.23. The van der Waals surface area contributed by atoms with Gasteiger partial charge in [0.2, 0.25) is 17.7 Å². The Hall–Kier alpha value is -5.34. The summed E-state index contributed by atoms with van der Waals surface area (Å²) in [5, 5.41) is 14.0. The second kappa shape index (κ2) is 14.3. The number of para-hydroxylation sites is 1. The molecular weight excluding hydrogens is 675 g/mol. The van der Waals surface area contributed by atoms with E-state index in [0.717, 1.165) is 39.5 Å². The number of amides is 4. The van der Waals surface area contributed by atoms with E-state index in [1.807, 2.05) is 36.4 Å². The first kappa shape index (κ1) is 33.2. The van der Waals surface area contributed by atoms with Gasteiger partial charge in [-0.3, -0.25) is 24.6 Å². The van der Waals surface area contributed by atoms with Crippen molar-refractivity contribution in [3.05, 3.63) is 84.0 Å². The van der Waals surface area contributed by atoms with Gasteiger partial charge >= 0.3 is 0 Å². The van der Waals surface area contributed by atoms with Crippen molar-refractivity contribution in [2.24, 2.45) is 0 Å². The molecule has 12 nitrogen and oxygen atoms in total. The van der Waals surface area contributed by atoms with Crippen LogP contribution in [0.15, 0.2) is 83.4 Å². The number of likely N-dealkylation sites (tertiary alicyclic amines) is 2. The summed E-state index contributed by atoms with van der Waals surface area (Å²) < 4.78 is 6.97. The zero-order valence-corrected chi connectivity index (χ0v) is 28.7. The highest BCUT2D eigenvalue weighted by Gasteiger charge is 2.37. The van der Waals surface area contributed by atoms with Crippen molar-refractivity contribution in [2.45, 2.75) is 37.8 Å². The molecule has 2 atom stereocenters. The number of nitrogens with zero attached hydrogens (tertiary/aromatic N) is 4. The number of hydrogen-bond acceptors (Lipinski definition) is 10. The highest BCUT2D eigenvalue weighted by Crippen LogP contribution is 2.30. The van der Waals surface area contributed by atoms with Crippen molar-refractivity contribution in [1.29, 1.82) is 5.41 Å². The summed E-state index contributed by atoms with van der Waals surface area (Å²) >= 11 is 2.40. The van der Waals surface area contributed by atoms with Gasteiger partial charge in [0.15, 0.2) is 15.8 Å². The van der Waals surface area contributed by atoms with Crippen LogP contribution in [0.25, 0.3) is 33.0 Å². The normalized spacial score (nSPS) is 17.2. The van der Waals surface area contributed by atoms with E-state index < -0.39 is 18.0 Å². The number of thioether (sulfide) groups is 1. The van der Waals surface area contributed by atoms with E-state index in [4.69, 9.17) is 9.83 Å². The van der Waals surface area contributed by atoms with Crippen molar-refractivity contribution >= 4 is 73.4 Å². The standard InChI is InChI=1S/C36H33N7O5S2.2H2/c1-49-30(37)35(46)42-18-4-7-26(42)31(44)39-23-14-10-21(11-15-23)28-20-38-33(48-28)22-12-16-24(17-13-22)40-32(45)27-8-5-19-43(27)36(47)34-41-25-6-2-3-9-29(25)50-34;;/h2-3,6,9-17,20,26-27,37H,4-5,7-8,18-19H2,1H3,(H,39,44)(H,40,45);2*1H/t26-,27-;;/m0../s1. The monoisotopic (exact) mass is 711 g/mol. The first-order chi connectivity index (χ1) is 24.3. The van der Waals surface area contributed by atoms with Crippen LogP contribution in [0.5, 0.6) is 0 Å². The SMILES string of the molecule is CSC(=N)C(=O)N1CCC[C@H]1C(=O)Nc1ccc(-c2cnc(-c3ccc(NC(=O)[C@@H]4CCCN4C(=O)c4nc5ccccc5s4)cc3)o2)cc1.[HH].[HH]. The lowest BCUT2D eigenvalue weighted by Crippen LogP contribution is -2.45. The van der Waals surface area contributed by atoms with Crippen LogP contribution >= 0.6 is 23.1 Å². The van der Waals surface area contributed by atoms with Gasteiger partial charge in [0.1, 0.15) is 12.1 Å². The van der Waals surface area contributed by atoms with E-state index in [2.05, 4.69) is 20.6 Å². The molecule has 0 unspecified atom stereocenters. The molecule has 5 aromatic rings. The number of anilines is 2. The summed E-state index contributed by atoms with van der Waals surface area (Å²) in [4.78, 5) is 64.1. The Labute approximate surface area is 298 Å². The highest BCUT2D eigenvalue weighted by atomic mass is 32.2. The number of nitrogens with one attached hydrogen (secondary N) is 3. The van der Waals surface area contributed by atoms with Gasteiger partial charge in [-0.2, -0.15) is 0 Å². The average Bonchev–Trinajstić information content (AvgIpc) is 3.97. The minimum atomic E-state index is -0.608. The van der Waals surface area contributed by atoms with Crippen molar-refractivity contribution < 1.29 is 26.4 Å². The number of hydrogen-bond donors (Lipinski definition) is 3. The van der Waals surface area contributed by atoms with Crippen molar-refractivity contribution in [3.63, 3.8) is 0 Å². The fourth-order valence-corrected chi connectivity index (χ4v) is 7.49. The minimum absolute atomic E-state index is 0. The third-order valence-corrected chi connectivity index (χ3v) is 10.5. The van der Waals surface area contributed by atoms with Gasteiger partial charge in [0.25, 0.3) is 11.8 Å². The molecule has 50 heavy (non-hydrogen) atoms. The maximum Gasteiger partial charge on any atom is 0.283 e. The first-order valence-corrected chi connectivity index (χ1v) is 18.2. The molecule has 0 bridgehead atoms. The van der Waals surface area contributed by atoms with Crippen molar-refractivity contribution in [3.8, 4) is 22.8 Å². The van der Waals surface area contributed by atoms with Crippen LogP contribution in [0.2, 0.25) is 0 Å². The molecule has 0 aliphatic carbocycles. The molecule has 0 radical (unpaired) electrons. The summed E-state index contributed by atoms with van der Waals surface area (Å²) in [6.07, 6.45) is 5.88. The Balaban J connectivity index is 0.00000261. The number of benzene rings is 3. The third-order valence-electron chi connectivity index (χ3n) is 8.85. The number of fused-ring (bicyclic) bond motifs is 1. The third kappa shape index (κ3) is 6.76. The van der Waals surface area contributed by atoms with Gasteiger partial charge in [0, 0.05) is 38.4 Å². The number of rotatable bonds is 7. The summed E-state index contributed by atoms with van der Waals surface area (Å²) in [6, 6.07) is 20.7. The van der Waals surface area contributed by atoms with Gasteiger partial charge in [-0.05, 0) is 92.6 Å². The molecule has 2 fully saturated rings. The Bertz CT molecular complexity index is 2070. The molecule has 2 aliphatic heterocycles. The molecule has 3 N–H and O–H groups in total. The fraction of sp³-hybridized carbons (Fsp3) is 0.250. The lowest BCUT2D eigenvalue weighted by molar-refractivity contribution is -0.131. The Kier molecular flexibility index (Phi) is 9.46. The quantitative estimate of drug-likeness (QED) is 0.125. The maximum atomic E-state index is 13.3. The molecular formula is C36H37N7O5S2. The van der Waals surface area contributed by atoms with Gasteiger partial charge in [-0.1, -0.05) is 12.1 Å². The second-order valence-electron chi connectivity index (χ2n) is 12.0. The topological polar surface area (TPSA) is 162 Å². The van der Waals surface area contributed by atoms with Crippen LogP contribution < -0.4 is 10.6 Å². The Morgan fingerprint density at radius 3 is 2.10 bits per heavy atom. The highest BCUT2D eigenvalue weighted by molar-refractivity contribution is 8.15. The van der Waals surface area contributed by atoms with E-state index >= 15 is 0 Å². The largest absolute Gasteiger partial charge is 0.436 e. The molecule has 4 heterocycles. The molecule has 258 valence electrons. The van der Waals surface area contributed by atoms with E-state index in [9.17, 15) is 19.2 Å².